The molecule has 1 fully saturated rings. The van der Waals surface area contributed by atoms with E-state index < -0.39 is 0 Å². The Labute approximate surface area is 145 Å². The van der Waals surface area contributed by atoms with Gasteiger partial charge >= 0.3 is 0 Å². The fraction of sp³-hybridized carbons (Fsp3) is 0.500. The second kappa shape index (κ2) is 7.47. The summed E-state index contributed by atoms with van der Waals surface area (Å²) in [6.07, 6.45) is 6.51. The summed E-state index contributed by atoms with van der Waals surface area (Å²) in [5, 5.41) is 6.87. The van der Waals surface area contributed by atoms with E-state index in [2.05, 4.69) is 15.4 Å². The van der Waals surface area contributed by atoms with Gasteiger partial charge in [-0.25, -0.2) is 4.98 Å². The Bertz CT molecular complexity index is 726. The minimum atomic E-state index is -0.361. The Morgan fingerprint density at radius 2 is 2.24 bits per heavy atom. The average Bonchev–Trinajstić information content (AvgIpc) is 3.25. The third-order valence-electron chi connectivity index (χ3n) is 4.26. The molecule has 0 radical (unpaired) electrons. The molecule has 0 saturated carbocycles. The zero-order valence-electron chi connectivity index (χ0n) is 14.3. The van der Waals surface area contributed by atoms with Crippen molar-refractivity contribution in [1.82, 2.24) is 29.5 Å². The van der Waals surface area contributed by atoms with Gasteiger partial charge in [0, 0.05) is 44.9 Å². The summed E-state index contributed by atoms with van der Waals surface area (Å²) in [5.41, 5.74) is 0. The molecule has 9 heteroatoms. The molecule has 0 aliphatic carbocycles. The molecule has 0 unspecified atom stereocenters. The summed E-state index contributed by atoms with van der Waals surface area (Å²) in [4.78, 5) is 30.4. The lowest BCUT2D eigenvalue weighted by Gasteiger charge is -2.40. The number of hydrogen-bond acceptors (Lipinski definition) is 5. The van der Waals surface area contributed by atoms with Crippen LogP contribution in [0.3, 0.4) is 0 Å². The van der Waals surface area contributed by atoms with Gasteiger partial charge < -0.3 is 19.5 Å². The van der Waals surface area contributed by atoms with Gasteiger partial charge in [-0.3, -0.25) is 14.3 Å². The van der Waals surface area contributed by atoms with Gasteiger partial charge in [0.15, 0.2) is 0 Å². The van der Waals surface area contributed by atoms with Crippen LogP contribution >= 0.6 is 0 Å². The monoisotopic (exact) mass is 346 g/mol. The summed E-state index contributed by atoms with van der Waals surface area (Å²) in [6.45, 7) is 2.92. The highest BCUT2D eigenvalue weighted by atomic mass is 16.5. The van der Waals surface area contributed by atoms with Crippen molar-refractivity contribution in [2.24, 2.45) is 7.05 Å². The molecular formula is C16H22N6O3. The molecule has 1 N–H and O–H groups in total. The van der Waals surface area contributed by atoms with Gasteiger partial charge in [-0.15, -0.1) is 0 Å². The molecule has 1 aliphatic rings. The van der Waals surface area contributed by atoms with Crippen molar-refractivity contribution in [3.05, 3.63) is 36.7 Å². The number of likely N-dealkylation sites (N-methyl/N-ethyl adjacent to an activating group) is 1. The van der Waals surface area contributed by atoms with Gasteiger partial charge in [0.05, 0.1) is 0 Å². The smallest absolute Gasteiger partial charge is 0.249 e. The second-order valence-corrected chi connectivity index (χ2v) is 5.88. The first kappa shape index (κ1) is 17.2. The summed E-state index contributed by atoms with van der Waals surface area (Å²) in [5.74, 6) is 0.502. The van der Waals surface area contributed by atoms with E-state index in [-0.39, 0.29) is 37.1 Å². The highest BCUT2D eigenvalue weighted by Gasteiger charge is 2.39. The maximum Gasteiger partial charge on any atom is 0.249 e. The van der Waals surface area contributed by atoms with E-state index in [0.29, 0.717) is 13.1 Å². The van der Waals surface area contributed by atoms with Gasteiger partial charge in [-0.05, 0) is 13.0 Å². The SMILES string of the molecule is CCN1C(=O)CO[C@@H](CNC(=O)Cn2cccn2)[C@@H]1c1nccn1C. The molecule has 0 aromatic carbocycles. The molecule has 3 heterocycles. The average molecular weight is 346 g/mol. The lowest BCUT2D eigenvalue weighted by Crippen LogP contribution is -2.53. The van der Waals surface area contributed by atoms with Gasteiger partial charge in [0.1, 0.15) is 31.1 Å². The highest BCUT2D eigenvalue weighted by molar-refractivity contribution is 5.79. The molecule has 0 bridgehead atoms. The van der Waals surface area contributed by atoms with E-state index in [0.717, 1.165) is 5.82 Å². The summed E-state index contributed by atoms with van der Waals surface area (Å²) in [7, 11) is 1.88. The van der Waals surface area contributed by atoms with Crippen molar-refractivity contribution in [2.75, 3.05) is 19.7 Å². The third kappa shape index (κ3) is 3.71. The van der Waals surface area contributed by atoms with Crippen LogP contribution in [0.5, 0.6) is 0 Å². The molecule has 1 aliphatic heterocycles. The van der Waals surface area contributed by atoms with Crippen molar-refractivity contribution < 1.29 is 14.3 Å². The molecule has 1 saturated heterocycles. The number of imidazole rings is 1. The lowest BCUT2D eigenvalue weighted by atomic mass is 10.1. The van der Waals surface area contributed by atoms with Crippen molar-refractivity contribution in [1.29, 1.82) is 0 Å². The van der Waals surface area contributed by atoms with Crippen molar-refractivity contribution in [2.45, 2.75) is 25.6 Å². The van der Waals surface area contributed by atoms with Crippen LogP contribution in [-0.4, -0.2) is 61.8 Å². The van der Waals surface area contributed by atoms with Crippen molar-refractivity contribution >= 4 is 11.8 Å². The molecule has 2 aromatic rings. The predicted octanol–water partition coefficient (Wildman–Crippen LogP) is -0.279. The summed E-state index contributed by atoms with van der Waals surface area (Å²) < 4.78 is 9.14. The number of carbonyl (C=O) groups excluding carboxylic acids is 2. The van der Waals surface area contributed by atoms with Crippen LogP contribution in [0.15, 0.2) is 30.9 Å². The highest BCUT2D eigenvalue weighted by Crippen LogP contribution is 2.28. The van der Waals surface area contributed by atoms with Gasteiger partial charge in [0.2, 0.25) is 11.8 Å². The van der Waals surface area contributed by atoms with Crippen LogP contribution in [0.1, 0.15) is 18.8 Å². The van der Waals surface area contributed by atoms with Crippen LogP contribution < -0.4 is 5.32 Å². The third-order valence-corrected chi connectivity index (χ3v) is 4.26. The molecule has 0 spiro atoms. The van der Waals surface area contributed by atoms with Gasteiger partial charge in [-0.1, -0.05) is 0 Å². The van der Waals surface area contributed by atoms with E-state index >= 15 is 0 Å². The number of nitrogens with one attached hydrogen (secondary N) is 1. The van der Waals surface area contributed by atoms with E-state index in [1.165, 1.54) is 0 Å². The molecule has 3 rings (SSSR count). The second-order valence-electron chi connectivity index (χ2n) is 5.88. The van der Waals surface area contributed by atoms with E-state index in [1.807, 2.05) is 24.7 Å². The minimum absolute atomic E-state index is 0.00839. The molecule has 134 valence electrons. The Balaban J connectivity index is 1.70. The molecule has 2 amide bonds. The molecule has 25 heavy (non-hydrogen) atoms. The molecule has 2 atom stereocenters. The Hall–Kier alpha value is -2.68. The number of aryl methyl sites for hydroxylation is 1. The van der Waals surface area contributed by atoms with Crippen LogP contribution in [0.2, 0.25) is 0 Å². The number of amides is 2. The quantitative estimate of drug-likeness (QED) is 0.776. The number of morpholine rings is 1. The van der Waals surface area contributed by atoms with Crippen molar-refractivity contribution in [3.63, 3.8) is 0 Å². The first-order valence-corrected chi connectivity index (χ1v) is 8.22. The van der Waals surface area contributed by atoms with Crippen LogP contribution in [-0.2, 0) is 27.9 Å². The molecule has 2 aromatic heterocycles. The Morgan fingerprint density at radius 1 is 1.40 bits per heavy atom. The standard InChI is InChI=1S/C16H22N6O3/c1-3-22-14(24)11-25-12(15(22)16-17-6-8-20(16)2)9-18-13(23)10-21-7-4-5-19-21/h4-8,12,15H,3,9-11H2,1-2H3,(H,18,23)/t12-,15+/m0/s1. The largest absolute Gasteiger partial charge is 0.364 e. The Morgan fingerprint density at radius 3 is 2.88 bits per heavy atom. The lowest BCUT2D eigenvalue weighted by molar-refractivity contribution is -0.157. The number of nitrogens with zero attached hydrogens (tertiary/aromatic N) is 5. The number of aromatic nitrogens is 4. The van der Waals surface area contributed by atoms with Crippen molar-refractivity contribution in [3.8, 4) is 0 Å². The Kier molecular flexibility index (Phi) is 5.13. The van der Waals surface area contributed by atoms with Gasteiger partial charge in [-0.2, -0.15) is 5.10 Å². The number of rotatable bonds is 6. The predicted molar refractivity (Wildman–Crippen MR) is 88.3 cm³/mol. The first-order chi connectivity index (χ1) is 12.1. The van der Waals surface area contributed by atoms with E-state index in [4.69, 9.17) is 4.74 Å². The van der Waals surface area contributed by atoms with E-state index in [1.54, 1.807) is 34.2 Å². The fourth-order valence-electron chi connectivity index (χ4n) is 3.03. The van der Waals surface area contributed by atoms with Crippen LogP contribution in [0.4, 0.5) is 0 Å². The first-order valence-electron chi connectivity index (χ1n) is 8.22. The van der Waals surface area contributed by atoms with E-state index in [9.17, 15) is 9.59 Å². The fourth-order valence-corrected chi connectivity index (χ4v) is 3.03. The minimum Gasteiger partial charge on any atom is -0.364 e. The summed E-state index contributed by atoms with van der Waals surface area (Å²) in [6, 6.07) is 1.43. The maximum absolute atomic E-state index is 12.2. The number of hydrogen-bond donors (Lipinski definition) is 1. The van der Waals surface area contributed by atoms with Crippen LogP contribution in [0.25, 0.3) is 0 Å². The zero-order chi connectivity index (χ0) is 17.8. The van der Waals surface area contributed by atoms with Crippen LogP contribution in [0, 0.1) is 0 Å². The molecular weight excluding hydrogens is 324 g/mol. The number of ether oxygens (including phenoxy) is 1. The number of carbonyl (C=O) groups is 2. The maximum atomic E-state index is 12.2. The normalized spacial score (nSPS) is 20.7. The topological polar surface area (TPSA) is 94.3 Å². The summed E-state index contributed by atoms with van der Waals surface area (Å²) >= 11 is 0. The zero-order valence-corrected chi connectivity index (χ0v) is 14.3. The molecule has 9 nitrogen and oxygen atoms in total. The van der Waals surface area contributed by atoms with Gasteiger partial charge in [0.25, 0.3) is 0 Å².